The fourth-order valence-corrected chi connectivity index (χ4v) is 23.8. The molecule has 5 heterocycles. The average molecular weight is 1840 g/mol. The Labute approximate surface area is 829 Å². The minimum Gasteiger partial charge on any atom is -0.399 e. The molecule has 0 bridgehead atoms. The molecule has 1 aliphatic heterocycles. The molecule has 1 fully saturated rings. The van der Waals surface area contributed by atoms with E-state index in [2.05, 4.69) is 451 Å². The molecule has 0 saturated carbocycles. The lowest BCUT2D eigenvalue weighted by atomic mass is 9.55. The van der Waals surface area contributed by atoms with Crippen LogP contribution in [-0.4, -0.2) is 47.4 Å². The van der Waals surface area contributed by atoms with Crippen molar-refractivity contribution in [3.8, 4) is 112 Å². The molecule has 22 aromatic rings. The van der Waals surface area contributed by atoms with Gasteiger partial charge in [-0.1, -0.05) is 411 Å². The van der Waals surface area contributed by atoms with Crippen molar-refractivity contribution in [2.75, 3.05) is 0 Å². The van der Waals surface area contributed by atoms with Crippen molar-refractivity contribution in [2.45, 2.75) is 95.7 Å². The van der Waals surface area contributed by atoms with E-state index in [1.807, 2.05) is 66.7 Å². The molecule has 0 N–H and O–H groups in total. The highest BCUT2D eigenvalue weighted by Crippen LogP contribution is 2.66. The van der Waals surface area contributed by atoms with E-state index in [1.54, 1.807) is 6.07 Å². The van der Waals surface area contributed by atoms with Gasteiger partial charge >= 0.3 is 7.12 Å². The predicted octanol–water partition coefficient (Wildman–Crippen LogP) is 32.1. The van der Waals surface area contributed by atoms with Crippen LogP contribution in [0.1, 0.15) is 130 Å². The number of nitrogens with zero attached hydrogens (tertiary/aromatic N) is 6. The standard InChI is InChI=1S/C62H43N3.C52H44BNO2.C16H11ClN2.CH4/c1-61(2)50-27-13-15-29-52(50)62(53-30-16-14-28-51(53)61)49-35-33-42(43-34-36-58-47(37-43)45-25-12-17-32-57(45)65(58)44-23-10-5-11-24-44)38-48(49)59-46(26-18-31-54(59)62)56-39-55(40-19-6-3-7-20-40)63-60(64-56)41-21-8-4-9-22-41;1-49(2)40-20-11-13-22-42(40)52(43-23-14-12-21-41(43)49)39-29-27-33(32-38(39)48-44(52)24-16-25-45(48)53-55-50(3,4)51(5,6)56-53)34-28-30-47-37(31-34)36-19-10-15-26-46(36)54(47)35-17-8-7-9-18-35;17-15-11-14(12-7-3-1-4-8-12)18-16(19-15)13-9-5-2-6-10-13;/h3-39H,1-2H3;7-32H,1-6H3;1-11H;1H4. The van der Waals surface area contributed by atoms with Gasteiger partial charge in [0.1, 0.15) is 5.15 Å². The summed E-state index contributed by atoms with van der Waals surface area (Å²) in [5, 5.41) is 5.42. The quantitative estimate of drug-likeness (QED) is 0.100. The van der Waals surface area contributed by atoms with Crippen molar-refractivity contribution in [1.29, 1.82) is 0 Å². The van der Waals surface area contributed by atoms with Gasteiger partial charge in [0.25, 0.3) is 0 Å². The van der Waals surface area contributed by atoms with Crippen LogP contribution in [0.5, 0.6) is 0 Å². The van der Waals surface area contributed by atoms with Gasteiger partial charge in [0.2, 0.25) is 0 Å². The van der Waals surface area contributed by atoms with Gasteiger partial charge in [0, 0.05) is 77.6 Å². The van der Waals surface area contributed by atoms with Crippen LogP contribution in [0, 0.1) is 0 Å². The first kappa shape index (κ1) is 87.7. The topological polar surface area (TPSA) is 79.9 Å². The first-order chi connectivity index (χ1) is 68.3. The second-order valence-electron chi connectivity index (χ2n) is 39.7. The highest BCUT2D eigenvalue weighted by molar-refractivity contribution is 6.64. The first-order valence-electron chi connectivity index (χ1n) is 48.5. The molecule has 8 nitrogen and oxygen atoms in total. The number of para-hydroxylation sites is 4. The maximum absolute atomic E-state index is 6.86. The largest absolute Gasteiger partial charge is 0.495 e. The van der Waals surface area contributed by atoms with Gasteiger partial charge in [-0.25, -0.2) is 19.9 Å². The van der Waals surface area contributed by atoms with Crippen molar-refractivity contribution in [3.63, 3.8) is 0 Å². The fourth-order valence-electron chi connectivity index (χ4n) is 23.6. The summed E-state index contributed by atoms with van der Waals surface area (Å²) >= 11 is 6.10. The second-order valence-corrected chi connectivity index (χ2v) is 40.1. The molecule has 1 saturated heterocycles. The van der Waals surface area contributed by atoms with Crippen LogP contribution in [-0.2, 0) is 31.0 Å². The van der Waals surface area contributed by atoms with Crippen molar-refractivity contribution in [3.05, 3.63) is 521 Å². The third-order valence-corrected chi connectivity index (χ3v) is 31.0. The maximum Gasteiger partial charge on any atom is 0.495 e. The highest BCUT2D eigenvalue weighted by Gasteiger charge is 2.58. The van der Waals surface area contributed by atoms with Crippen LogP contribution in [0.3, 0.4) is 0 Å². The fraction of sp³-hybridized carbons (Fsp3) is 0.115. The Morgan fingerprint density at radius 1 is 0.234 bits per heavy atom. The predicted molar refractivity (Wildman–Crippen MR) is 584 cm³/mol. The molecule has 4 aliphatic carbocycles. The number of benzene rings is 18. The lowest BCUT2D eigenvalue weighted by molar-refractivity contribution is 0.00578. The van der Waals surface area contributed by atoms with Crippen molar-refractivity contribution in [2.24, 2.45) is 0 Å². The SMILES string of the molecule is C.CC1(C)c2ccccc2C2(c3ccc(-c4ccc5c(c4)c4ccccc4n5-c4ccccc4)cc3-c3c(-c4cc(-c5ccccc5)nc(-c5ccccc5)n4)cccc32)c2ccccc21.CC1(C)c2ccccc2C2(c3ccc(-c4ccc5c(c4)c4ccccc4n5-c4ccccc4)cc3-c3c(B4OC(C)(C)C(C)(C)O4)cccc32)c2ccccc21.Clc1cc(-c2ccccc2)nc(-c2ccccc2)n1. The van der Waals surface area contributed by atoms with E-state index in [4.69, 9.17) is 30.9 Å². The molecule has 0 unspecified atom stereocenters. The molecule has 4 aromatic heterocycles. The van der Waals surface area contributed by atoms with Crippen molar-refractivity contribution in [1.82, 2.24) is 29.1 Å². The maximum atomic E-state index is 6.86. The first-order valence-corrected chi connectivity index (χ1v) is 48.9. The smallest absolute Gasteiger partial charge is 0.399 e. The Kier molecular flexibility index (Phi) is 21.1. The number of hydrogen-bond donors (Lipinski definition) is 0. The molecule has 0 atom stereocenters. The van der Waals surface area contributed by atoms with Gasteiger partial charge < -0.3 is 18.4 Å². The van der Waals surface area contributed by atoms with E-state index in [9.17, 15) is 0 Å². The van der Waals surface area contributed by atoms with Gasteiger partial charge in [-0.15, -0.1) is 0 Å². The summed E-state index contributed by atoms with van der Waals surface area (Å²) in [4.78, 5) is 19.5. The molecule has 2 spiro atoms. The normalized spacial score (nSPS) is 14.9. The van der Waals surface area contributed by atoms with Crippen LogP contribution < -0.4 is 5.46 Å². The van der Waals surface area contributed by atoms with Crippen LogP contribution in [0.2, 0.25) is 5.15 Å². The monoisotopic (exact) mass is 1840 g/mol. The third kappa shape index (κ3) is 13.9. The Morgan fingerprint density at radius 3 is 0.986 bits per heavy atom. The Hall–Kier alpha value is -16.0. The van der Waals surface area contributed by atoms with Gasteiger partial charge in [0.05, 0.1) is 61.2 Å². The average Bonchev–Trinajstić information content (AvgIpc) is 1.51. The number of rotatable bonds is 10. The van der Waals surface area contributed by atoms with E-state index >= 15 is 0 Å². The van der Waals surface area contributed by atoms with Gasteiger partial charge in [-0.2, -0.15) is 0 Å². The lowest BCUT2D eigenvalue weighted by Gasteiger charge is -2.46. The summed E-state index contributed by atoms with van der Waals surface area (Å²) < 4.78 is 18.5. The van der Waals surface area contributed by atoms with Crippen LogP contribution >= 0.6 is 11.6 Å². The Morgan fingerprint density at radius 2 is 0.553 bits per heavy atom. The third-order valence-electron chi connectivity index (χ3n) is 30.8. The van der Waals surface area contributed by atoms with Crippen molar-refractivity contribution >= 4 is 67.8 Å². The summed E-state index contributed by atoms with van der Waals surface area (Å²) in [5.74, 6) is 1.35. The molecular formula is C131H102BClN6O2. The summed E-state index contributed by atoms with van der Waals surface area (Å²) in [6.07, 6.45) is 0. The zero-order valence-electron chi connectivity index (χ0n) is 79.2. The molecule has 5 aliphatic rings. The zero-order chi connectivity index (χ0) is 94.5. The summed E-state index contributed by atoms with van der Waals surface area (Å²) in [5.41, 5.74) is 39.2. The highest BCUT2D eigenvalue weighted by atomic mass is 35.5. The number of hydrogen-bond acceptors (Lipinski definition) is 6. The summed E-state index contributed by atoms with van der Waals surface area (Å²) in [6, 6.07) is 162. The van der Waals surface area contributed by atoms with Gasteiger partial charge in [-0.3, -0.25) is 0 Å². The molecule has 0 radical (unpaired) electrons. The molecule has 27 rings (SSSR count). The second kappa shape index (κ2) is 34.0. The molecule has 10 heteroatoms. The van der Waals surface area contributed by atoms with Gasteiger partial charge in [-0.05, 0) is 223 Å². The summed E-state index contributed by atoms with van der Waals surface area (Å²) in [7, 11) is -0.507. The molecule has 678 valence electrons. The van der Waals surface area contributed by atoms with E-state index < -0.39 is 29.2 Å². The zero-order valence-corrected chi connectivity index (χ0v) is 79.9. The van der Waals surface area contributed by atoms with E-state index in [0.717, 1.165) is 61.7 Å². The van der Waals surface area contributed by atoms with Crippen LogP contribution in [0.4, 0.5) is 0 Å². The lowest BCUT2D eigenvalue weighted by Crippen LogP contribution is -2.41. The molecule has 0 amide bonds. The Balaban J connectivity index is 0.000000129. The number of aromatic nitrogens is 6. The number of halogens is 1. The molecule has 141 heavy (non-hydrogen) atoms. The summed E-state index contributed by atoms with van der Waals surface area (Å²) in [6.45, 7) is 18.1. The molecule has 18 aromatic carbocycles. The number of fused-ring (bicyclic) bond motifs is 24. The van der Waals surface area contributed by atoms with E-state index in [0.29, 0.717) is 16.8 Å². The van der Waals surface area contributed by atoms with Crippen molar-refractivity contribution < 1.29 is 9.31 Å². The van der Waals surface area contributed by atoms with E-state index in [1.165, 1.54) is 155 Å². The van der Waals surface area contributed by atoms with Crippen LogP contribution in [0.25, 0.3) is 156 Å². The van der Waals surface area contributed by atoms with Gasteiger partial charge in [0.15, 0.2) is 11.6 Å². The molecular weight excluding hydrogens is 1740 g/mol. The van der Waals surface area contributed by atoms with Crippen LogP contribution in [0.15, 0.2) is 449 Å². The van der Waals surface area contributed by atoms with E-state index in [-0.39, 0.29) is 18.3 Å². The minimum atomic E-state index is -0.563. The Bertz CT molecular complexity index is 8480. The minimum absolute atomic E-state index is 0.